The first-order valence-electron chi connectivity index (χ1n) is 9.18. The number of halogens is 2. The van der Waals surface area contributed by atoms with Gasteiger partial charge in [-0.05, 0) is 49.6 Å². The van der Waals surface area contributed by atoms with Crippen LogP contribution >= 0.6 is 0 Å². The Kier molecular flexibility index (Phi) is 3.85. The highest BCUT2D eigenvalue weighted by molar-refractivity contribution is 5.61. The summed E-state index contributed by atoms with van der Waals surface area (Å²) in [5, 5.41) is 8.68. The lowest BCUT2D eigenvalue weighted by atomic mass is 10.0. The molecule has 5 rings (SSSR count). The molecule has 0 bridgehead atoms. The molecule has 0 N–H and O–H groups in total. The van der Waals surface area contributed by atoms with Gasteiger partial charge in [-0.3, -0.25) is 0 Å². The van der Waals surface area contributed by atoms with Crippen LogP contribution in [0.5, 0.6) is 0 Å². The molecule has 3 aromatic heterocycles. The fourth-order valence-electron chi connectivity index (χ4n) is 3.85. The maximum absolute atomic E-state index is 14.4. The van der Waals surface area contributed by atoms with E-state index in [0.717, 1.165) is 36.7 Å². The van der Waals surface area contributed by atoms with Crippen LogP contribution < -0.4 is 4.90 Å². The minimum atomic E-state index is -0.432. The molecule has 0 spiro atoms. The highest BCUT2D eigenvalue weighted by Crippen LogP contribution is 2.37. The van der Waals surface area contributed by atoms with Gasteiger partial charge in [-0.25, -0.2) is 23.0 Å². The Balaban J connectivity index is 1.57. The zero-order chi connectivity index (χ0) is 19.3. The van der Waals surface area contributed by atoms with Gasteiger partial charge in [0, 0.05) is 24.5 Å². The van der Waals surface area contributed by atoms with E-state index in [0.29, 0.717) is 17.0 Å². The van der Waals surface area contributed by atoms with Crippen LogP contribution in [0, 0.1) is 18.6 Å². The Morgan fingerprint density at radius 3 is 2.82 bits per heavy atom. The fraction of sp³-hybridized carbons (Fsp3) is 0.250. The zero-order valence-electron chi connectivity index (χ0n) is 15.3. The van der Waals surface area contributed by atoms with Crippen molar-refractivity contribution in [3.05, 3.63) is 71.8 Å². The van der Waals surface area contributed by atoms with Crippen molar-refractivity contribution in [2.45, 2.75) is 25.8 Å². The summed E-state index contributed by atoms with van der Waals surface area (Å²) in [6.45, 7) is 2.70. The number of aryl methyl sites for hydroxylation is 1. The van der Waals surface area contributed by atoms with Gasteiger partial charge in [0.25, 0.3) is 0 Å². The minimum Gasteiger partial charge on any atom is -0.349 e. The number of aromatic nitrogens is 5. The molecule has 8 heteroatoms. The summed E-state index contributed by atoms with van der Waals surface area (Å²) in [6.07, 6.45) is 8.86. The van der Waals surface area contributed by atoms with Gasteiger partial charge in [-0.2, -0.15) is 10.2 Å². The van der Waals surface area contributed by atoms with Gasteiger partial charge >= 0.3 is 0 Å². The summed E-state index contributed by atoms with van der Waals surface area (Å²) in [4.78, 5) is 6.81. The van der Waals surface area contributed by atoms with Crippen LogP contribution in [-0.4, -0.2) is 30.9 Å². The predicted octanol–water partition coefficient (Wildman–Crippen LogP) is 3.84. The van der Waals surface area contributed by atoms with Crippen LogP contribution in [0.3, 0.4) is 0 Å². The SMILES string of the molecule is Cc1cnn(-c2cnn3ccc(N4CCCC4c4cc(F)ccc4F)nc23)c1. The second kappa shape index (κ2) is 6.40. The van der Waals surface area contributed by atoms with Crippen molar-refractivity contribution < 1.29 is 8.78 Å². The van der Waals surface area contributed by atoms with Crippen LogP contribution in [0.2, 0.25) is 0 Å². The van der Waals surface area contributed by atoms with Crippen molar-refractivity contribution in [2.24, 2.45) is 0 Å². The van der Waals surface area contributed by atoms with Crippen molar-refractivity contribution in [3.63, 3.8) is 0 Å². The van der Waals surface area contributed by atoms with Crippen molar-refractivity contribution >= 4 is 11.5 Å². The molecule has 0 radical (unpaired) electrons. The Morgan fingerprint density at radius 2 is 2.00 bits per heavy atom. The molecule has 1 aliphatic heterocycles. The molecule has 0 aliphatic carbocycles. The number of nitrogens with zero attached hydrogens (tertiary/aromatic N) is 6. The largest absolute Gasteiger partial charge is 0.349 e. The van der Waals surface area contributed by atoms with Crippen molar-refractivity contribution in [2.75, 3.05) is 11.4 Å². The topological polar surface area (TPSA) is 51.3 Å². The summed E-state index contributed by atoms with van der Waals surface area (Å²) >= 11 is 0. The van der Waals surface area contributed by atoms with Crippen molar-refractivity contribution in [1.29, 1.82) is 0 Å². The maximum Gasteiger partial charge on any atom is 0.183 e. The Labute approximate surface area is 160 Å². The monoisotopic (exact) mass is 380 g/mol. The highest BCUT2D eigenvalue weighted by Gasteiger charge is 2.30. The van der Waals surface area contributed by atoms with E-state index in [-0.39, 0.29) is 6.04 Å². The summed E-state index contributed by atoms with van der Waals surface area (Å²) in [5.41, 5.74) is 2.83. The lowest BCUT2D eigenvalue weighted by Gasteiger charge is -2.26. The molecule has 1 atom stereocenters. The molecule has 1 fully saturated rings. The average molecular weight is 380 g/mol. The first-order chi connectivity index (χ1) is 13.6. The third kappa shape index (κ3) is 2.72. The third-order valence-corrected chi connectivity index (χ3v) is 5.16. The summed E-state index contributed by atoms with van der Waals surface area (Å²) in [5.74, 6) is -0.112. The molecule has 6 nitrogen and oxygen atoms in total. The van der Waals surface area contributed by atoms with Crippen LogP contribution in [0.1, 0.15) is 30.0 Å². The lowest BCUT2D eigenvalue weighted by Crippen LogP contribution is -2.24. The standard InChI is InChI=1S/C20H18F2N6/c1-13-10-23-28(12-13)18-11-24-27-8-6-19(25-20(18)27)26-7-2-3-17(26)15-9-14(21)4-5-16(15)22/h4-6,8-12,17H,2-3,7H2,1H3. The molecule has 142 valence electrons. The Hall–Kier alpha value is -3.29. The number of hydrogen-bond acceptors (Lipinski definition) is 4. The van der Waals surface area contributed by atoms with Gasteiger partial charge in [0.2, 0.25) is 0 Å². The zero-order valence-corrected chi connectivity index (χ0v) is 15.3. The average Bonchev–Trinajstić information content (AvgIpc) is 3.42. The minimum absolute atomic E-state index is 0.246. The smallest absolute Gasteiger partial charge is 0.183 e. The number of rotatable bonds is 3. The third-order valence-electron chi connectivity index (χ3n) is 5.16. The number of hydrogen-bond donors (Lipinski definition) is 0. The summed E-state index contributed by atoms with van der Waals surface area (Å²) < 4.78 is 31.5. The molecule has 1 unspecified atom stereocenters. The number of anilines is 1. The molecule has 28 heavy (non-hydrogen) atoms. The first kappa shape index (κ1) is 16.9. The summed E-state index contributed by atoms with van der Waals surface area (Å²) in [6, 6.07) is 5.23. The Bertz CT molecular complexity index is 1160. The van der Waals surface area contributed by atoms with E-state index in [9.17, 15) is 8.78 Å². The lowest BCUT2D eigenvalue weighted by molar-refractivity contribution is 0.560. The van der Waals surface area contributed by atoms with Gasteiger partial charge in [-0.15, -0.1) is 0 Å². The van der Waals surface area contributed by atoms with E-state index in [1.807, 2.05) is 30.3 Å². The molecule has 0 saturated carbocycles. The molecule has 1 aliphatic rings. The van der Waals surface area contributed by atoms with Gasteiger partial charge < -0.3 is 4.90 Å². The van der Waals surface area contributed by atoms with Gasteiger partial charge in [-0.1, -0.05) is 0 Å². The Morgan fingerprint density at radius 1 is 1.11 bits per heavy atom. The van der Waals surface area contributed by atoms with E-state index < -0.39 is 11.6 Å². The second-order valence-electron chi connectivity index (χ2n) is 7.06. The fourth-order valence-corrected chi connectivity index (χ4v) is 3.85. The van der Waals surface area contributed by atoms with E-state index in [4.69, 9.17) is 4.98 Å². The van der Waals surface area contributed by atoms with Crippen molar-refractivity contribution in [1.82, 2.24) is 24.4 Å². The molecule has 4 heterocycles. The molecular weight excluding hydrogens is 362 g/mol. The molecule has 0 amide bonds. The summed E-state index contributed by atoms with van der Waals surface area (Å²) in [7, 11) is 0. The van der Waals surface area contributed by atoms with Gasteiger partial charge in [0.1, 0.15) is 23.1 Å². The second-order valence-corrected chi connectivity index (χ2v) is 7.06. The van der Waals surface area contributed by atoms with E-state index >= 15 is 0 Å². The molecule has 4 aromatic rings. The normalized spacial score (nSPS) is 17.0. The quantitative estimate of drug-likeness (QED) is 0.542. The van der Waals surface area contributed by atoms with E-state index in [1.165, 1.54) is 12.1 Å². The van der Waals surface area contributed by atoms with Crippen LogP contribution in [0.25, 0.3) is 11.3 Å². The molecular formula is C20H18F2N6. The van der Waals surface area contributed by atoms with Crippen LogP contribution in [-0.2, 0) is 0 Å². The first-order valence-corrected chi connectivity index (χ1v) is 9.18. The maximum atomic E-state index is 14.4. The van der Waals surface area contributed by atoms with Crippen LogP contribution in [0.15, 0.2) is 49.1 Å². The van der Waals surface area contributed by atoms with Crippen molar-refractivity contribution in [3.8, 4) is 5.69 Å². The predicted molar refractivity (Wildman–Crippen MR) is 101 cm³/mol. The molecule has 1 aromatic carbocycles. The van der Waals surface area contributed by atoms with Crippen LogP contribution in [0.4, 0.5) is 14.6 Å². The number of fused-ring (bicyclic) bond motifs is 1. The van der Waals surface area contributed by atoms with Gasteiger partial charge in [0.15, 0.2) is 5.65 Å². The number of benzene rings is 1. The van der Waals surface area contributed by atoms with Gasteiger partial charge in [0.05, 0.1) is 18.4 Å². The van der Waals surface area contributed by atoms with E-state index in [1.54, 1.807) is 21.6 Å². The molecule has 1 saturated heterocycles. The van der Waals surface area contributed by atoms with E-state index in [2.05, 4.69) is 10.2 Å². The highest BCUT2D eigenvalue weighted by atomic mass is 19.1.